The van der Waals surface area contributed by atoms with Gasteiger partial charge in [-0.15, -0.1) is 0 Å². The standard InChI is InChI=1S/C19H22N2O3/c20-18-16-11-15(10-9-14(16)7-4-8-17(18)22)21-19(23)24-12-13-5-2-1-3-6-13/h1-3,5-6,9-11,17-18,22H,4,7-8,12,20H2,(H,21,23)/t17-,18-/m0/s1. The molecule has 0 aliphatic heterocycles. The summed E-state index contributed by atoms with van der Waals surface area (Å²) in [6.07, 6.45) is 1.43. The Morgan fingerprint density at radius 3 is 2.83 bits per heavy atom. The van der Waals surface area contributed by atoms with Gasteiger partial charge >= 0.3 is 6.09 Å². The lowest BCUT2D eigenvalue weighted by atomic mass is 9.98. The molecule has 2 aromatic carbocycles. The van der Waals surface area contributed by atoms with Crippen LogP contribution in [-0.2, 0) is 17.8 Å². The van der Waals surface area contributed by atoms with Crippen molar-refractivity contribution in [2.45, 2.75) is 38.0 Å². The van der Waals surface area contributed by atoms with E-state index in [0.29, 0.717) is 12.1 Å². The minimum Gasteiger partial charge on any atom is -0.444 e. The second-order valence-corrected chi connectivity index (χ2v) is 6.09. The maximum Gasteiger partial charge on any atom is 0.411 e. The molecule has 0 aromatic heterocycles. The van der Waals surface area contributed by atoms with Crippen LogP contribution in [0.5, 0.6) is 0 Å². The van der Waals surface area contributed by atoms with E-state index >= 15 is 0 Å². The summed E-state index contributed by atoms with van der Waals surface area (Å²) in [5.41, 5.74) is 9.70. The number of rotatable bonds is 3. The molecule has 0 saturated carbocycles. The van der Waals surface area contributed by atoms with Crippen LogP contribution in [0.25, 0.3) is 0 Å². The number of aliphatic hydroxyl groups excluding tert-OH is 1. The van der Waals surface area contributed by atoms with Gasteiger partial charge < -0.3 is 15.6 Å². The topological polar surface area (TPSA) is 84.6 Å². The van der Waals surface area contributed by atoms with Crippen LogP contribution in [0.2, 0.25) is 0 Å². The lowest BCUT2D eigenvalue weighted by Crippen LogP contribution is -2.25. The molecule has 0 unspecified atom stereocenters. The number of aliphatic hydroxyl groups is 1. The molecule has 0 fully saturated rings. The largest absolute Gasteiger partial charge is 0.444 e. The summed E-state index contributed by atoms with van der Waals surface area (Å²) in [4.78, 5) is 12.0. The molecule has 0 bridgehead atoms. The minimum atomic E-state index is -0.550. The van der Waals surface area contributed by atoms with Gasteiger partial charge in [0.15, 0.2) is 0 Å². The number of nitrogens with one attached hydrogen (secondary N) is 1. The molecule has 0 heterocycles. The fraction of sp³-hybridized carbons (Fsp3) is 0.316. The lowest BCUT2D eigenvalue weighted by Gasteiger charge is -2.19. The van der Waals surface area contributed by atoms with Gasteiger partial charge in [-0.3, -0.25) is 5.32 Å². The molecule has 5 nitrogen and oxygen atoms in total. The number of hydrogen-bond donors (Lipinski definition) is 3. The number of ether oxygens (including phenoxy) is 1. The molecule has 2 aromatic rings. The molecule has 1 aliphatic rings. The van der Waals surface area contributed by atoms with Gasteiger partial charge in [0, 0.05) is 5.69 Å². The Bertz CT molecular complexity index is 703. The molecular formula is C19H22N2O3. The first-order chi connectivity index (χ1) is 11.6. The van der Waals surface area contributed by atoms with E-state index in [1.165, 1.54) is 0 Å². The zero-order valence-electron chi connectivity index (χ0n) is 13.4. The smallest absolute Gasteiger partial charge is 0.411 e. The second-order valence-electron chi connectivity index (χ2n) is 6.09. The van der Waals surface area contributed by atoms with Crippen LogP contribution in [0.1, 0.15) is 35.6 Å². The number of carbonyl (C=O) groups is 1. The molecular weight excluding hydrogens is 304 g/mol. The molecule has 1 aliphatic carbocycles. The Labute approximate surface area is 141 Å². The average Bonchev–Trinajstić information content (AvgIpc) is 2.74. The first-order valence-electron chi connectivity index (χ1n) is 8.17. The minimum absolute atomic E-state index is 0.218. The summed E-state index contributed by atoms with van der Waals surface area (Å²) in [6.45, 7) is 0.218. The third kappa shape index (κ3) is 3.93. The summed E-state index contributed by atoms with van der Waals surface area (Å²) < 4.78 is 5.22. The zero-order chi connectivity index (χ0) is 16.9. The highest BCUT2D eigenvalue weighted by Gasteiger charge is 2.23. The van der Waals surface area contributed by atoms with Gasteiger partial charge in [-0.1, -0.05) is 36.4 Å². The second kappa shape index (κ2) is 7.47. The highest BCUT2D eigenvalue weighted by Crippen LogP contribution is 2.29. The summed E-state index contributed by atoms with van der Waals surface area (Å²) in [7, 11) is 0. The lowest BCUT2D eigenvalue weighted by molar-refractivity contribution is 0.136. The zero-order valence-corrected chi connectivity index (χ0v) is 13.4. The molecule has 4 N–H and O–H groups in total. The van der Waals surface area contributed by atoms with Crippen molar-refractivity contribution in [3.05, 3.63) is 65.2 Å². The van der Waals surface area contributed by atoms with Crippen molar-refractivity contribution in [1.29, 1.82) is 0 Å². The van der Waals surface area contributed by atoms with Gasteiger partial charge in [-0.25, -0.2) is 4.79 Å². The van der Waals surface area contributed by atoms with Gasteiger partial charge in [0.25, 0.3) is 0 Å². The monoisotopic (exact) mass is 326 g/mol. The van der Waals surface area contributed by atoms with Crippen LogP contribution in [0.3, 0.4) is 0 Å². The molecule has 0 spiro atoms. The molecule has 0 radical (unpaired) electrons. The summed E-state index contributed by atoms with van der Waals surface area (Å²) >= 11 is 0. The molecule has 5 heteroatoms. The molecule has 2 atom stereocenters. The van der Waals surface area contributed by atoms with E-state index in [1.807, 2.05) is 48.5 Å². The van der Waals surface area contributed by atoms with Gasteiger partial charge in [0.05, 0.1) is 12.1 Å². The van der Waals surface area contributed by atoms with Crippen molar-refractivity contribution in [1.82, 2.24) is 0 Å². The van der Waals surface area contributed by atoms with Crippen molar-refractivity contribution in [2.24, 2.45) is 5.73 Å². The molecule has 24 heavy (non-hydrogen) atoms. The van der Waals surface area contributed by atoms with Crippen LogP contribution < -0.4 is 11.1 Å². The Hall–Kier alpha value is -2.37. The van der Waals surface area contributed by atoms with Gasteiger partial charge in [-0.2, -0.15) is 0 Å². The quantitative estimate of drug-likeness (QED) is 0.757. The number of benzene rings is 2. The predicted octanol–water partition coefficient (Wildman–Crippen LogP) is 3.13. The van der Waals surface area contributed by atoms with Gasteiger partial charge in [0.2, 0.25) is 0 Å². The van der Waals surface area contributed by atoms with Crippen LogP contribution in [0, 0.1) is 0 Å². The van der Waals surface area contributed by atoms with E-state index in [2.05, 4.69) is 5.32 Å². The van der Waals surface area contributed by atoms with E-state index in [4.69, 9.17) is 10.5 Å². The summed E-state index contributed by atoms with van der Waals surface area (Å²) in [5.74, 6) is 0. The molecule has 0 saturated heterocycles. The van der Waals surface area contributed by atoms with E-state index < -0.39 is 18.2 Å². The number of amides is 1. The van der Waals surface area contributed by atoms with Crippen molar-refractivity contribution < 1.29 is 14.6 Å². The number of fused-ring (bicyclic) bond motifs is 1. The fourth-order valence-electron chi connectivity index (χ4n) is 2.98. The van der Waals surface area contributed by atoms with Crippen LogP contribution in [0.15, 0.2) is 48.5 Å². The van der Waals surface area contributed by atoms with Crippen LogP contribution in [0.4, 0.5) is 10.5 Å². The van der Waals surface area contributed by atoms with E-state index in [9.17, 15) is 9.90 Å². The van der Waals surface area contributed by atoms with E-state index in [-0.39, 0.29) is 6.61 Å². The highest BCUT2D eigenvalue weighted by molar-refractivity contribution is 5.84. The van der Waals surface area contributed by atoms with E-state index in [1.54, 1.807) is 0 Å². The Kier molecular flexibility index (Phi) is 5.13. The van der Waals surface area contributed by atoms with Crippen molar-refractivity contribution in [2.75, 3.05) is 5.32 Å². The maximum atomic E-state index is 12.0. The van der Waals surface area contributed by atoms with Gasteiger partial charge in [0.1, 0.15) is 6.61 Å². The molecule has 126 valence electrons. The molecule has 1 amide bonds. The maximum absolute atomic E-state index is 12.0. The normalized spacial score (nSPS) is 19.9. The Morgan fingerprint density at radius 1 is 1.25 bits per heavy atom. The van der Waals surface area contributed by atoms with Crippen molar-refractivity contribution >= 4 is 11.8 Å². The number of hydrogen-bond acceptors (Lipinski definition) is 4. The average molecular weight is 326 g/mol. The first kappa shape index (κ1) is 16.5. The first-order valence-corrected chi connectivity index (χ1v) is 8.17. The summed E-state index contributed by atoms with van der Waals surface area (Å²) in [6, 6.07) is 14.7. The number of carbonyl (C=O) groups excluding carboxylic acids is 1. The Balaban J connectivity index is 1.65. The number of anilines is 1. The van der Waals surface area contributed by atoms with Gasteiger partial charge in [-0.05, 0) is 48.1 Å². The van der Waals surface area contributed by atoms with Crippen molar-refractivity contribution in [3.63, 3.8) is 0 Å². The van der Waals surface area contributed by atoms with Crippen molar-refractivity contribution in [3.8, 4) is 0 Å². The van der Waals surface area contributed by atoms with Crippen LogP contribution in [-0.4, -0.2) is 17.3 Å². The Morgan fingerprint density at radius 2 is 2.04 bits per heavy atom. The fourth-order valence-corrected chi connectivity index (χ4v) is 2.98. The SMILES string of the molecule is N[C@H]1c2cc(NC(=O)OCc3ccccc3)ccc2CCC[C@@H]1O. The van der Waals surface area contributed by atoms with Crippen LogP contribution >= 0.6 is 0 Å². The summed E-state index contributed by atoms with van der Waals surface area (Å²) in [5, 5.41) is 12.8. The van der Waals surface area contributed by atoms with E-state index in [0.717, 1.165) is 29.5 Å². The molecule has 3 rings (SSSR count). The third-order valence-corrected chi connectivity index (χ3v) is 4.32. The number of aryl methyl sites for hydroxylation is 1. The predicted molar refractivity (Wildman–Crippen MR) is 92.6 cm³/mol. The number of nitrogens with two attached hydrogens (primary N) is 1. The third-order valence-electron chi connectivity index (χ3n) is 4.32. The highest BCUT2D eigenvalue weighted by atomic mass is 16.5.